The molecule has 0 spiro atoms. The number of aliphatic hydroxyl groups is 1. The van der Waals surface area contributed by atoms with Gasteiger partial charge in [-0.25, -0.2) is 0 Å². The molecule has 1 aliphatic heterocycles. The van der Waals surface area contributed by atoms with Crippen molar-refractivity contribution in [3.8, 4) is 5.75 Å². The first kappa shape index (κ1) is 20.6. The number of benzene rings is 1. The van der Waals surface area contributed by atoms with Crippen LogP contribution in [0.1, 0.15) is 36.5 Å². The zero-order chi connectivity index (χ0) is 18.8. The first-order chi connectivity index (χ1) is 12.6. The molecule has 1 amide bonds. The molecular weight excluding hydrogens is 350 g/mol. The number of nitrogens with one attached hydrogen (secondary N) is 1. The smallest absolute Gasteiger partial charge is 0.257 e. The second kappa shape index (κ2) is 11.1. The van der Waals surface area contributed by atoms with E-state index in [2.05, 4.69) is 17.1 Å². The van der Waals surface area contributed by atoms with Gasteiger partial charge in [0.1, 0.15) is 5.75 Å². The molecule has 0 atom stereocenters. The van der Waals surface area contributed by atoms with Crippen molar-refractivity contribution in [2.45, 2.75) is 26.2 Å². The van der Waals surface area contributed by atoms with E-state index in [0.29, 0.717) is 23.8 Å². The molecule has 1 aromatic carbocycles. The van der Waals surface area contributed by atoms with Crippen LogP contribution in [0, 0.1) is 0 Å². The van der Waals surface area contributed by atoms with Gasteiger partial charge < -0.3 is 14.7 Å². The fraction of sp³-hybridized carbons (Fsp3) is 0.579. The molecule has 1 aliphatic rings. The van der Waals surface area contributed by atoms with Gasteiger partial charge in [0.2, 0.25) is 0 Å². The first-order valence-electron chi connectivity index (χ1n) is 9.30. The second-order valence-corrected chi connectivity index (χ2v) is 6.78. The highest BCUT2D eigenvalue weighted by Gasteiger charge is 2.20. The van der Waals surface area contributed by atoms with Crippen LogP contribution in [0.25, 0.3) is 0 Å². The van der Waals surface area contributed by atoms with E-state index in [9.17, 15) is 4.79 Å². The normalized spacial score (nSPS) is 14.9. The molecule has 7 heteroatoms. The van der Waals surface area contributed by atoms with E-state index in [-0.39, 0.29) is 12.5 Å². The summed E-state index contributed by atoms with van der Waals surface area (Å²) in [5.74, 6) is 0.575. The molecule has 6 nitrogen and oxygen atoms in total. The van der Waals surface area contributed by atoms with Gasteiger partial charge in [0.05, 0.1) is 13.2 Å². The summed E-state index contributed by atoms with van der Waals surface area (Å²) in [6.45, 7) is 6.88. The number of carbonyl (C=O) groups excluding carboxylic acids is 1. The summed E-state index contributed by atoms with van der Waals surface area (Å²) < 4.78 is 5.66. The molecule has 0 aromatic heterocycles. The summed E-state index contributed by atoms with van der Waals surface area (Å²) in [6, 6.07) is 7.15. The van der Waals surface area contributed by atoms with Crippen molar-refractivity contribution >= 4 is 23.2 Å². The Morgan fingerprint density at radius 1 is 1.19 bits per heavy atom. The maximum absolute atomic E-state index is 12.4. The maximum Gasteiger partial charge on any atom is 0.257 e. The molecule has 0 unspecified atom stereocenters. The third-order valence-electron chi connectivity index (χ3n) is 4.43. The molecule has 1 heterocycles. The van der Waals surface area contributed by atoms with Crippen molar-refractivity contribution in [3.05, 3.63) is 29.8 Å². The highest BCUT2D eigenvalue weighted by molar-refractivity contribution is 7.80. The van der Waals surface area contributed by atoms with Gasteiger partial charge in [-0.15, -0.1) is 0 Å². The van der Waals surface area contributed by atoms with E-state index < -0.39 is 0 Å². The average molecular weight is 380 g/mol. The monoisotopic (exact) mass is 379 g/mol. The van der Waals surface area contributed by atoms with Gasteiger partial charge in [-0.3, -0.25) is 15.0 Å². The van der Waals surface area contributed by atoms with Crippen LogP contribution in [0.15, 0.2) is 24.3 Å². The number of carbonyl (C=O) groups is 1. The van der Waals surface area contributed by atoms with Gasteiger partial charge >= 0.3 is 0 Å². The number of β-amino-alcohol motifs (C(OH)–C–C–N with tert-alkyl or cyclic N) is 1. The third kappa shape index (κ3) is 6.55. The zero-order valence-electron chi connectivity index (χ0n) is 15.4. The average Bonchev–Trinajstić information content (AvgIpc) is 2.66. The van der Waals surface area contributed by atoms with Crippen LogP contribution >= 0.6 is 12.2 Å². The number of ether oxygens (including phenoxy) is 1. The number of rotatable bonds is 8. The molecule has 1 fully saturated rings. The van der Waals surface area contributed by atoms with Gasteiger partial charge in [0.15, 0.2) is 5.11 Å². The molecule has 2 N–H and O–H groups in total. The third-order valence-corrected chi connectivity index (χ3v) is 4.79. The number of piperazine rings is 1. The largest absolute Gasteiger partial charge is 0.494 e. The van der Waals surface area contributed by atoms with Gasteiger partial charge in [-0.1, -0.05) is 19.8 Å². The number of hydrogen-bond acceptors (Lipinski definition) is 5. The van der Waals surface area contributed by atoms with Crippen LogP contribution in [0.5, 0.6) is 5.75 Å². The summed E-state index contributed by atoms with van der Waals surface area (Å²) in [5, 5.41) is 12.2. The topological polar surface area (TPSA) is 65.0 Å². The van der Waals surface area contributed by atoms with E-state index in [0.717, 1.165) is 44.8 Å². The number of nitrogens with zero attached hydrogens (tertiary/aromatic N) is 2. The minimum Gasteiger partial charge on any atom is -0.494 e. The van der Waals surface area contributed by atoms with E-state index in [1.807, 2.05) is 17.0 Å². The molecule has 1 aromatic rings. The Hall–Kier alpha value is -1.70. The molecule has 0 radical (unpaired) electrons. The number of amides is 1. The number of hydrogen-bond donors (Lipinski definition) is 2. The van der Waals surface area contributed by atoms with Gasteiger partial charge in [0, 0.05) is 38.3 Å². The maximum atomic E-state index is 12.4. The highest BCUT2D eigenvalue weighted by Crippen LogP contribution is 2.13. The lowest BCUT2D eigenvalue weighted by molar-refractivity contribution is 0.0968. The van der Waals surface area contributed by atoms with E-state index in [1.54, 1.807) is 12.1 Å². The van der Waals surface area contributed by atoms with E-state index in [4.69, 9.17) is 22.1 Å². The summed E-state index contributed by atoms with van der Waals surface area (Å²) in [6.07, 6.45) is 3.36. The van der Waals surface area contributed by atoms with Gasteiger partial charge in [-0.2, -0.15) is 0 Å². The molecule has 0 aliphatic carbocycles. The van der Waals surface area contributed by atoms with E-state index >= 15 is 0 Å². The van der Waals surface area contributed by atoms with Crippen LogP contribution in [-0.4, -0.2) is 71.9 Å². The van der Waals surface area contributed by atoms with Crippen LogP contribution < -0.4 is 10.1 Å². The Bertz CT molecular complexity index is 572. The summed E-state index contributed by atoms with van der Waals surface area (Å²) in [7, 11) is 0. The van der Waals surface area contributed by atoms with Crippen LogP contribution in [0.3, 0.4) is 0 Å². The first-order valence-corrected chi connectivity index (χ1v) is 9.71. The highest BCUT2D eigenvalue weighted by atomic mass is 32.1. The summed E-state index contributed by atoms with van der Waals surface area (Å²) in [5.41, 5.74) is 0.562. The Morgan fingerprint density at radius 2 is 1.88 bits per heavy atom. The number of unbranched alkanes of at least 4 members (excludes halogenated alkanes) is 2. The predicted octanol–water partition coefficient (Wildman–Crippen LogP) is 1.88. The standard InChI is InChI=1S/C19H29N3O3S/c1-2-3-4-15-25-17-7-5-16(6-8-17)18(24)20-19(26)22-11-9-21(10-12-22)13-14-23/h5-8,23H,2-4,9-15H2,1H3,(H,20,24,26). The Morgan fingerprint density at radius 3 is 2.50 bits per heavy atom. The van der Waals surface area contributed by atoms with Crippen LogP contribution in [-0.2, 0) is 0 Å². The molecule has 2 rings (SSSR count). The quantitative estimate of drug-likeness (QED) is 0.531. The van der Waals surface area contributed by atoms with Gasteiger partial charge in [-0.05, 0) is 42.9 Å². The lowest BCUT2D eigenvalue weighted by atomic mass is 10.2. The lowest BCUT2D eigenvalue weighted by Gasteiger charge is -2.35. The SMILES string of the molecule is CCCCCOc1ccc(C(=O)NC(=S)N2CCN(CCO)CC2)cc1. The lowest BCUT2D eigenvalue weighted by Crippen LogP contribution is -2.53. The molecule has 26 heavy (non-hydrogen) atoms. The minimum absolute atomic E-state index is 0.166. The fourth-order valence-electron chi connectivity index (χ4n) is 2.81. The van der Waals surface area contributed by atoms with Crippen molar-refractivity contribution in [1.29, 1.82) is 0 Å². The van der Waals surface area contributed by atoms with Crippen molar-refractivity contribution in [2.24, 2.45) is 0 Å². The molecule has 144 valence electrons. The number of thiocarbonyl (C=S) groups is 1. The van der Waals surface area contributed by atoms with Crippen molar-refractivity contribution in [2.75, 3.05) is 45.9 Å². The van der Waals surface area contributed by atoms with Gasteiger partial charge in [0.25, 0.3) is 5.91 Å². The van der Waals surface area contributed by atoms with Crippen LogP contribution in [0.4, 0.5) is 0 Å². The Kier molecular flexibility index (Phi) is 8.80. The number of aliphatic hydroxyl groups excluding tert-OH is 1. The fourth-order valence-corrected chi connectivity index (χ4v) is 3.08. The van der Waals surface area contributed by atoms with Crippen molar-refractivity contribution in [3.63, 3.8) is 0 Å². The summed E-state index contributed by atoms with van der Waals surface area (Å²) >= 11 is 5.36. The molecular formula is C19H29N3O3S. The molecule has 1 saturated heterocycles. The Balaban J connectivity index is 1.77. The van der Waals surface area contributed by atoms with Crippen LogP contribution in [0.2, 0.25) is 0 Å². The second-order valence-electron chi connectivity index (χ2n) is 6.39. The summed E-state index contributed by atoms with van der Waals surface area (Å²) in [4.78, 5) is 16.5. The molecule has 0 bridgehead atoms. The Labute approximate surface area is 161 Å². The van der Waals surface area contributed by atoms with Crippen molar-refractivity contribution < 1.29 is 14.6 Å². The predicted molar refractivity (Wildman–Crippen MR) is 107 cm³/mol. The van der Waals surface area contributed by atoms with Crippen molar-refractivity contribution in [1.82, 2.24) is 15.1 Å². The minimum atomic E-state index is -0.203. The molecule has 0 saturated carbocycles. The van der Waals surface area contributed by atoms with E-state index in [1.165, 1.54) is 6.42 Å². The zero-order valence-corrected chi connectivity index (χ0v) is 16.3.